The summed E-state index contributed by atoms with van der Waals surface area (Å²) in [4.78, 5) is 36.5. The van der Waals surface area contributed by atoms with Gasteiger partial charge in [-0.2, -0.15) is 0 Å². The molecule has 3 aliphatic heterocycles. The van der Waals surface area contributed by atoms with Gasteiger partial charge < -0.3 is 20.2 Å². The maximum absolute atomic E-state index is 12.5. The Bertz CT molecular complexity index is 696. The highest BCUT2D eigenvalue weighted by atomic mass is 16.4. The van der Waals surface area contributed by atoms with E-state index in [0.717, 1.165) is 64.2 Å². The molecular formula is C18H25N5O3. The first-order valence-corrected chi connectivity index (χ1v) is 9.39. The van der Waals surface area contributed by atoms with Crippen LogP contribution in [0.4, 0.5) is 5.82 Å². The van der Waals surface area contributed by atoms with E-state index >= 15 is 0 Å². The number of amides is 1. The van der Waals surface area contributed by atoms with E-state index in [4.69, 9.17) is 0 Å². The molecule has 0 aromatic carbocycles. The molecule has 4 heterocycles. The zero-order valence-electron chi connectivity index (χ0n) is 14.9. The summed E-state index contributed by atoms with van der Waals surface area (Å²) in [5.41, 5.74) is 0.480. The van der Waals surface area contributed by atoms with Crippen molar-refractivity contribution in [2.24, 2.45) is 5.41 Å². The average Bonchev–Trinajstić information content (AvgIpc) is 3.33. The summed E-state index contributed by atoms with van der Waals surface area (Å²) in [6.07, 6.45) is 7.91. The van der Waals surface area contributed by atoms with Crippen LogP contribution in [0.15, 0.2) is 12.4 Å². The van der Waals surface area contributed by atoms with E-state index in [1.165, 1.54) is 0 Å². The molecule has 0 radical (unpaired) electrons. The lowest BCUT2D eigenvalue weighted by Crippen LogP contribution is -2.41. The number of hydrogen-bond acceptors (Lipinski definition) is 6. The molecule has 8 heteroatoms. The van der Waals surface area contributed by atoms with Crippen LogP contribution in [-0.2, 0) is 4.79 Å². The van der Waals surface area contributed by atoms with Crippen molar-refractivity contribution in [3.8, 4) is 0 Å². The fraction of sp³-hybridized carbons (Fsp3) is 0.667. The van der Waals surface area contributed by atoms with Crippen LogP contribution in [0.3, 0.4) is 0 Å². The number of carbonyl (C=O) groups excluding carboxylic acids is 1. The van der Waals surface area contributed by atoms with Crippen LogP contribution in [0.5, 0.6) is 0 Å². The Morgan fingerprint density at radius 1 is 1.15 bits per heavy atom. The van der Waals surface area contributed by atoms with E-state index in [1.807, 2.05) is 4.90 Å². The number of carboxylic acids is 1. The Morgan fingerprint density at radius 3 is 2.54 bits per heavy atom. The molecule has 4 rings (SSSR count). The summed E-state index contributed by atoms with van der Waals surface area (Å²) in [5, 5.41) is 12.3. The summed E-state index contributed by atoms with van der Waals surface area (Å²) in [6, 6.07) is -0.428. The predicted molar refractivity (Wildman–Crippen MR) is 95.1 cm³/mol. The fourth-order valence-electron chi connectivity index (χ4n) is 4.38. The molecule has 3 aliphatic rings. The van der Waals surface area contributed by atoms with E-state index in [1.54, 1.807) is 12.4 Å². The van der Waals surface area contributed by atoms with Gasteiger partial charge in [0.05, 0.1) is 12.4 Å². The summed E-state index contributed by atoms with van der Waals surface area (Å²) in [6.45, 7) is 3.98. The third-order valence-corrected chi connectivity index (χ3v) is 6.04. The van der Waals surface area contributed by atoms with Crippen LogP contribution in [0.2, 0.25) is 0 Å². The second-order valence-electron chi connectivity index (χ2n) is 7.72. The van der Waals surface area contributed by atoms with Gasteiger partial charge >= 0.3 is 5.97 Å². The summed E-state index contributed by atoms with van der Waals surface area (Å²) in [7, 11) is 0. The van der Waals surface area contributed by atoms with Gasteiger partial charge in [0, 0.05) is 32.7 Å². The smallest absolute Gasteiger partial charge is 0.320 e. The number of piperidine rings is 1. The van der Waals surface area contributed by atoms with E-state index in [9.17, 15) is 14.7 Å². The topological polar surface area (TPSA) is 98.7 Å². The minimum Gasteiger partial charge on any atom is -0.480 e. The van der Waals surface area contributed by atoms with Crippen molar-refractivity contribution in [2.75, 3.05) is 37.6 Å². The summed E-state index contributed by atoms with van der Waals surface area (Å²) >= 11 is 0. The van der Waals surface area contributed by atoms with Crippen molar-refractivity contribution in [1.82, 2.24) is 20.2 Å². The molecule has 3 saturated heterocycles. The van der Waals surface area contributed by atoms with Crippen molar-refractivity contribution in [3.63, 3.8) is 0 Å². The number of rotatable bonds is 3. The van der Waals surface area contributed by atoms with E-state index in [2.05, 4.69) is 20.2 Å². The Labute approximate surface area is 152 Å². The Kier molecular flexibility index (Phi) is 4.52. The van der Waals surface area contributed by atoms with Crippen molar-refractivity contribution in [1.29, 1.82) is 0 Å². The summed E-state index contributed by atoms with van der Waals surface area (Å²) in [5.74, 6) is -0.0523. The van der Waals surface area contributed by atoms with Crippen LogP contribution in [0.25, 0.3) is 0 Å². The van der Waals surface area contributed by atoms with Crippen LogP contribution in [0.1, 0.15) is 42.6 Å². The second kappa shape index (κ2) is 6.83. The number of aromatic nitrogens is 2. The number of aliphatic carboxylic acids is 1. The first-order valence-electron chi connectivity index (χ1n) is 9.39. The number of carboxylic acid groups (broad SMARTS) is 1. The van der Waals surface area contributed by atoms with Crippen LogP contribution in [0, 0.1) is 5.41 Å². The molecule has 1 atom stereocenters. The minimum absolute atomic E-state index is 0.0328. The Balaban J connectivity index is 1.41. The van der Waals surface area contributed by atoms with Gasteiger partial charge in [-0.1, -0.05) is 0 Å². The average molecular weight is 359 g/mol. The molecular weight excluding hydrogens is 334 g/mol. The zero-order chi connectivity index (χ0) is 18.1. The Hall–Kier alpha value is -2.22. The standard InChI is InChI=1S/C18H25N5O3/c24-16(23-5-1-2-6-23)14-10-19-11-15(21-14)22-7-3-18(4-8-22)9-13(17(25)26)20-12-18/h10-11,13,20H,1-9,12H2,(H,25,26). The number of likely N-dealkylation sites (tertiary alicyclic amines) is 1. The van der Waals surface area contributed by atoms with Crippen molar-refractivity contribution >= 4 is 17.7 Å². The molecule has 26 heavy (non-hydrogen) atoms. The second-order valence-corrected chi connectivity index (χ2v) is 7.72. The number of hydrogen-bond donors (Lipinski definition) is 2. The van der Waals surface area contributed by atoms with Crippen molar-refractivity contribution in [2.45, 2.75) is 38.1 Å². The monoisotopic (exact) mass is 359 g/mol. The molecule has 1 spiro atoms. The largest absolute Gasteiger partial charge is 0.480 e. The molecule has 1 aromatic rings. The van der Waals surface area contributed by atoms with Gasteiger partial charge in [0.2, 0.25) is 0 Å². The molecule has 1 aromatic heterocycles. The molecule has 1 unspecified atom stereocenters. The highest BCUT2D eigenvalue weighted by Gasteiger charge is 2.43. The number of nitrogens with zero attached hydrogens (tertiary/aromatic N) is 4. The van der Waals surface area contributed by atoms with Gasteiger partial charge in [-0.15, -0.1) is 0 Å². The highest BCUT2D eigenvalue weighted by molar-refractivity contribution is 5.92. The number of carbonyl (C=O) groups is 2. The first-order chi connectivity index (χ1) is 12.6. The lowest BCUT2D eigenvalue weighted by Gasteiger charge is -2.39. The Morgan fingerprint density at radius 2 is 1.88 bits per heavy atom. The van der Waals surface area contributed by atoms with Gasteiger partial charge in [0.1, 0.15) is 17.6 Å². The van der Waals surface area contributed by atoms with E-state index < -0.39 is 12.0 Å². The van der Waals surface area contributed by atoms with E-state index in [0.29, 0.717) is 12.1 Å². The molecule has 1 amide bonds. The molecule has 140 valence electrons. The first kappa shape index (κ1) is 17.2. The number of nitrogens with one attached hydrogen (secondary N) is 1. The maximum Gasteiger partial charge on any atom is 0.320 e. The fourth-order valence-corrected chi connectivity index (χ4v) is 4.38. The predicted octanol–water partition coefficient (Wildman–Crippen LogP) is 0.746. The van der Waals surface area contributed by atoms with Gasteiger partial charge in [0.15, 0.2) is 0 Å². The maximum atomic E-state index is 12.5. The molecule has 0 bridgehead atoms. The van der Waals surface area contributed by atoms with Gasteiger partial charge in [0.25, 0.3) is 5.91 Å². The normalized spacial score (nSPS) is 25.0. The lowest BCUT2D eigenvalue weighted by molar-refractivity contribution is -0.139. The molecule has 2 N–H and O–H groups in total. The quantitative estimate of drug-likeness (QED) is 0.821. The third kappa shape index (κ3) is 3.25. The van der Waals surface area contributed by atoms with Gasteiger partial charge in [-0.05, 0) is 37.5 Å². The third-order valence-electron chi connectivity index (χ3n) is 6.04. The molecule has 0 aliphatic carbocycles. The van der Waals surface area contributed by atoms with Crippen molar-refractivity contribution < 1.29 is 14.7 Å². The van der Waals surface area contributed by atoms with Crippen LogP contribution >= 0.6 is 0 Å². The van der Waals surface area contributed by atoms with Gasteiger partial charge in [-0.3, -0.25) is 14.6 Å². The lowest BCUT2D eigenvalue weighted by atomic mass is 9.76. The zero-order valence-corrected chi connectivity index (χ0v) is 14.9. The molecule has 3 fully saturated rings. The van der Waals surface area contributed by atoms with E-state index in [-0.39, 0.29) is 11.3 Å². The van der Waals surface area contributed by atoms with Crippen LogP contribution in [-0.4, -0.2) is 70.6 Å². The van der Waals surface area contributed by atoms with Gasteiger partial charge in [-0.25, -0.2) is 4.98 Å². The molecule has 0 saturated carbocycles. The SMILES string of the molecule is O=C(O)C1CC2(CCN(c3cncc(C(=O)N4CCCC4)n3)CC2)CN1. The minimum atomic E-state index is -0.761. The summed E-state index contributed by atoms with van der Waals surface area (Å²) < 4.78 is 0. The highest BCUT2D eigenvalue weighted by Crippen LogP contribution is 2.40. The number of anilines is 1. The van der Waals surface area contributed by atoms with Crippen LogP contribution < -0.4 is 10.2 Å². The molecule has 8 nitrogen and oxygen atoms in total. The van der Waals surface area contributed by atoms with Crippen molar-refractivity contribution in [3.05, 3.63) is 18.1 Å².